The summed E-state index contributed by atoms with van der Waals surface area (Å²) in [6, 6.07) is 12.3. The lowest BCUT2D eigenvalue weighted by molar-refractivity contribution is -0.386. The highest BCUT2D eigenvalue weighted by Crippen LogP contribution is 2.22. The zero-order valence-electron chi connectivity index (χ0n) is 16.3. The standard InChI is InChI=1S/C20H18N6O4/c1-12-19(26(28)29)13(2)25(23-12)10-14-3-6-16(7-4-14)20(27)30-11-15-5-8-17-18(9-15)22-24-21-17/h3-9H,10-11H2,1-2H3,(H,21,22,24). The number of aromatic nitrogens is 5. The first-order valence-corrected chi connectivity index (χ1v) is 9.16. The van der Waals surface area contributed by atoms with Crippen molar-refractivity contribution >= 4 is 22.7 Å². The molecule has 0 aliphatic rings. The zero-order valence-corrected chi connectivity index (χ0v) is 16.3. The molecular weight excluding hydrogens is 388 g/mol. The van der Waals surface area contributed by atoms with Crippen LogP contribution in [-0.4, -0.2) is 36.1 Å². The summed E-state index contributed by atoms with van der Waals surface area (Å²) in [5, 5.41) is 25.9. The molecule has 0 aliphatic carbocycles. The fourth-order valence-corrected chi connectivity index (χ4v) is 3.23. The van der Waals surface area contributed by atoms with Gasteiger partial charge in [-0.05, 0) is 49.2 Å². The minimum absolute atomic E-state index is 0.0269. The number of aryl methyl sites for hydroxylation is 1. The van der Waals surface area contributed by atoms with E-state index < -0.39 is 10.9 Å². The van der Waals surface area contributed by atoms with Gasteiger partial charge in [0.25, 0.3) is 0 Å². The summed E-state index contributed by atoms with van der Waals surface area (Å²) in [6.07, 6.45) is 0. The van der Waals surface area contributed by atoms with Gasteiger partial charge >= 0.3 is 11.7 Å². The van der Waals surface area contributed by atoms with Crippen LogP contribution in [-0.2, 0) is 17.9 Å². The van der Waals surface area contributed by atoms with Crippen molar-refractivity contribution in [2.45, 2.75) is 27.0 Å². The van der Waals surface area contributed by atoms with E-state index in [2.05, 4.69) is 20.5 Å². The van der Waals surface area contributed by atoms with Gasteiger partial charge in [0.2, 0.25) is 0 Å². The summed E-state index contributed by atoms with van der Waals surface area (Å²) in [7, 11) is 0. The summed E-state index contributed by atoms with van der Waals surface area (Å²) in [4.78, 5) is 23.0. The highest BCUT2D eigenvalue weighted by Gasteiger charge is 2.21. The van der Waals surface area contributed by atoms with Crippen LogP contribution >= 0.6 is 0 Å². The summed E-state index contributed by atoms with van der Waals surface area (Å²) < 4.78 is 6.96. The van der Waals surface area contributed by atoms with Gasteiger partial charge in [0.15, 0.2) is 0 Å². The number of nitrogens with one attached hydrogen (secondary N) is 1. The summed E-state index contributed by atoms with van der Waals surface area (Å²) >= 11 is 0. The summed E-state index contributed by atoms with van der Waals surface area (Å²) in [6.45, 7) is 3.77. The van der Waals surface area contributed by atoms with Crippen LogP contribution in [0.15, 0.2) is 42.5 Å². The molecule has 0 spiro atoms. The van der Waals surface area contributed by atoms with Gasteiger partial charge in [-0.1, -0.05) is 18.2 Å². The smallest absolute Gasteiger partial charge is 0.338 e. The maximum atomic E-state index is 12.3. The molecule has 4 rings (SSSR count). The van der Waals surface area contributed by atoms with Gasteiger partial charge in [-0.3, -0.25) is 14.8 Å². The minimum Gasteiger partial charge on any atom is -0.457 e. The Kier molecular flexibility index (Phi) is 4.97. The predicted octanol–water partition coefficient (Wildman–Crippen LogP) is 3.08. The summed E-state index contributed by atoms with van der Waals surface area (Å²) in [5.74, 6) is -0.441. The van der Waals surface area contributed by atoms with Gasteiger partial charge < -0.3 is 4.74 Å². The number of rotatable bonds is 6. The number of esters is 1. The normalized spacial score (nSPS) is 11.0. The molecular formula is C20H18N6O4. The molecule has 10 heteroatoms. The Hall–Kier alpha value is -4.08. The molecule has 1 N–H and O–H groups in total. The second-order valence-corrected chi connectivity index (χ2v) is 6.85. The Morgan fingerprint density at radius 1 is 1.10 bits per heavy atom. The van der Waals surface area contributed by atoms with Gasteiger partial charge in [-0.15, -0.1) is 0 Å². The quantitative estimate of drug-likeness (QED) is 0.296. The number of carbonyl (C=O) groups excluding carboxylic acids is 1. The molecule has 0 fully saturated rings. The Labute approximate surface area is 170 Å². The highest BCUT2D eigenvalue weighted by atomic mass is 16.6. The monoisotopic (exact) mass is 406 g/mol. The highest BCUT2D eigenvalue weighted by molar-refractivity contribution is 5.89. The van der Waals surface area contributed by atoms with Gasteiger partial charge in [-0.25, -0.2) is 4.79 Å². The maximum Gasteiger partial charge on any atom is 0.338 e. The number of fused-ring (bicyclic) bond motifs is 1. The summed E-state index contributed by atoms with van der Waals surface area (Å²) in [5.41, 5.74) is 4.44. The van der Waals surface area contributed by atoms with Crippen molar-refractivity contribution in [3.05, 3.63) is 80.7 Å². The fourth-order valence-electron chi connectivity index (χ4n) is 3.23. The lowest BCUT2D eigenvalue weighted by Crippen LogP contribution is -2.07. The molecule has 4 aromatic rings. The van der Waals surface area contributed by atoms with Crippen LogP contribution in [0.4, 0.5) is 5.69 Å². The number of carbonyl (C=O) groups is 1. The lowest BCUT2D eigenvalue weighted by atomic mass is 10.1. The maximum absolute atomic E-state index is 12.3. The molecule has 0 radical (unpaired) electrons. The SMILES string of the molecule is Cc1nn(Cc2ccc(C(=O)OCc3ccc4n[nH]nc4c3)cc2)c(C)c1[N+](=O)[O-]. The number of nitro groups is 1. The van der Waals surface area contributed by atoms with Crippen molar-refractivity contribution in [2.24, 2.45) is 0 Å². The van der Waals surface area contributed by atoms with Gasteiger partial charge in [0.1, 0.15) is 29.0 Å². The van der Waals surface area contributed by atoms with Crippen molar-refractivity contribution in [3.63, 3.8) is 0 Å². The number of benzene rings is 2. The van der Waals surface area contributed by atoms with E-state index in [4.69, 9.17) is 4.74 Å². The number of aromatic amines is 1. The molecule has 2 heterocycles. The Morgan fingerprint density at radius 2 is 1.80 bits per heavy atom. The first-order valence-electron chi connectivity index (χ1n) is 9.16. The molecule has 152 valence electrons. The second-order valence-electron chi connectivity index (χ2n) is 6.85. The minimum atomic E-state index is -0.441. The van der Waals surface area contributed by atoms with Crippen molar-refractivity contribution in [3.8, 4) is 0 Å². The average Bonchev–Trinajstić information content (AvgIpc) is 3.30. The Morgan fingerprint density at radius 3 is 2.50 bits per heavy atom. The molecule has 10 nitrogen and oxygen atoms in total. The molecule has 0 amide bonds. The van der Waals surface area contributed by atoms with Crippen LogP contribution in [0, 0.1) is 24.0 Å². The molecule has 2 aromatic carbocycles. The molecule has 0 aliphatic heterocycles. The molecule has 0 atom stereocenters. The van der Waals surface area contributed by atoms with E-state index >= 15 is 0 Å². The van der Waals surface area contributed by atoms with Crippen LogP contribution < -0.4 is 0 Å². The van der Waals surface area contributed by atoms with E-state index in [1.54, 1.807) is 48.9 Å². The van der Waals surface area contributed by atoms with E-state index in [1.165, 1.54) is 0 Å². The Bertz CT molecular complexity index is 1240. The molecule has 0 saturated heterocycles. The molecule has 0 bridgehead atoms. The molecule has 0 saturated carbocycles. The van der Waals surface area contributed by atoms with E-state index in [0.717, 1.165) is 16.6 Å². The topological polar surface area (TPSA) is 129 Å². The first kappa shape index (κ1) is 19.2. The van der Waals surface area contributed by atoms with Crippen LogP contribution in [0.25, 0.3) is 11.0 Å². The largest absolute Gasteiger partial charge is 0.457 e. The number of H-pyrrole nitrogens is 1. The van der Waals surface area contributed by atoms with Crippen LogP contribution in [0.5, 0.6) is 0 Å². The number of hydrogen-bond acceptors (Lipinski definition) is 7. The zero-order chi connectivity index (χ0) is 21.3. The van der Waals surface area contributed by atoms with Crippen molar-refractivity contribution < 1.29 is 14.5 Å². The second kappa shape index (κ2) is 7.74. The van der Waals surface area contributed by atoms with Crippen LogP contribution in [0.1, 0.15) is 32.9 Å². The van der Waals surface area contributed by atoms with Crippen molar-refractivity contribution in [1.82, 2.24) is 25.2 Å². The van der Waals surface area contributed by atoms with Gasteiger partial charge in [-0.2, -0.15) is 20.5 Å². The third kappa shape index (κ3) is 3.75. The lowest BCUT2D eigenvalue weighted by Gasteiger charge is -2.07. The first-order chi connectivity index (χ1) is 14.4. The van der Waals surface area contributed by atoms with Gasteiger partial charge in [0, 0.05) is 0 Å². The predicted molar refractivity (Wildman–Crippen MR) is 107 cm³/mol. The number of ether oxygens (including phenoxy) is 1. The Balaban J connectivity index is 1.41. The van der Waals surface area contributed by atoms with Crippen molar-refractivity contribution in [1.29, 1.82) is 0 Å². The van der Waals surface area contributed by atoms with E-state index in [9.17, 15) is 14.9 Å². The van der Waals surface area contributed by atoms with E-state index in [1.807, 2.05) is 12.1 Å². The molecule has 30 heavy (non-hydrogen) atoms. The molecule has 0 unspecified atom stereocenters. The number of hydrogen-bond donors (Lipinski definition) is 1. The van der Waals surface area contributed by atoms with Crippen molar-refractivity contribution in [2.75, 3.05) is 0 Å². The third-order valence-electron chi connectivity index (χ3n) is 4.80. The third-order valence-corrected chi connectivity index (χ3v) is 4.80. The fraction of sp³-hybridized carbons (Fsp3) is 0.200. The van der Waals surface area contributed by atoms with E-state index in [-0.39, 0.29) is 12.3 Å². The van der Waals surface area contributed by atoms with Gasteiger partial charge in [0.05, 0.1) is 17.0 Å². The average molecular weight is 406 g/mol. The van der Waals surface area contributed by atoms with E-state index in [0.29, 0.717) is 29.0 Å². The number of nitrogens with zero attached hydrogens (tertiary/aromatic N) is 5. The van der Waals surface area contributed by atoms with Crippen LogP contribution in [0.2, 0.25) is 0 Å². The molecule has 2 aromatic heterocycles. The van der Waals surface area contributed by atoms with Crippen LogP contribution in [0.3, 0.4) is 0 Å².